The third-order valence-corrected chi connectivity index (χ3v) is 6.68. The van der Waals surface area contributed by atoms with Gasteiger partial charge in [-0.25, -0.2) is 4.98 Å². The van der Waals surface area contributed by atoms with Crippen molar-refractivity contribution in [2.45, 2.75) is 58.1 Å². The summed E-state index contributed by atoms with van der Waals surface area (Å²) in [7, 11) is 0. The number of hydrogen-bond donors (Lipinski definition) is 1. The third-order valence-electron chi connectivity index (χ3n) is 6.68. The molecule has 0 bridgehead atoms. The molecule has 140 valence electrons. The summed E-state index contributed by atoms with van der Waals surface area (Å²) in [6, 6.07) is 8.08. The average molecular weight is 355 g/mol. The Kier molecular flexibility index (Phi) is 4.51. The standard InChI is InChI=1S/C21H29N3O2/c1-3-21(26)11-6-7-16-13-23(14-17(16)21)20(25)10-12-24-15(2)22-18-8-4-5-9-19(18)24/h4-5,8-9,16-17,26H,3,6-7,10-14H2,1-2H3/t16-,17+,21-/m0/s1. The zero-order valence-corrected chi connectivity index (χ0v) is 15.8. The van der Waals surface area contributed by atoms with Crippen LogP contribution in [-0.2, 0) is 11.3 Å². The Labute approximate surface area is 155 Å². The second-order valence-corrected chi connectivity index (χ2v) is 8.06. The summed E-state index contributed by atoms with van der Waals surface area (Å²) >= 11 is 0. The number of aliphatic hydroxyl groups is 1. The van der Waals surface area contributed by atoms with Gasteiger partial charge < -0.3 is 14.6 Å². The molecule has 2 heterocycles. The fraction of sp³-hybridized carbons (Fsp3) is 0.619. The molecular weight excluding hydrogens is 326 g/mol. The molecule has 0 spiro atoms. The van der Waals surface area contributed by atoms with Gasteiger partial charge in [0.25, 0.3) is 0 Å². The zero-order chi connectivity index (χ0) is 18.3. The predicted molar refractivity (Wildman–Crippen MR) is 102 cm³/mol. The average Bonchev–Trinajstić information content (AvgIpc) is 3.21. The van der Waals surface area contributed by atoms with E-state index in [2.05, 4.69) is 22.5 Å². The number of benzene rings is 1. The Morgan fingerprint density at radius 3 is 2.96 bits per heavy atom. The van der Waals surface area contributed by atoms with Crippen LogP contribution in [-0.4, -0.2) is 44.2 Å². The van der Waals surface area contributed by atoms with Crippen LogP contribution in [0, 0.1) is 18.8 Å². The minimum atomic E-state index is -0.574. The van der Waals surface area contributed by atoms with Crippen molar-refractivity contribution in [2.75, 3.05) is 13.1 Å². The van der Waals surface area contributed by atoms with E-state index in [4.69, 9.17) is 0 Å². The van der Waals surface area contributed by atoms with Gasteiger partial charge in [0, 0.05) is 32.0 Å². The van der Waals surface area contributed by atoms with Gasteiger partial charge in [-0.15, -0.1) is 0 Å². The van der Waals surface area contributed by atoms with Gasteiger partial charge >= 0.3 is 0 Å². The summed E-state index contributed by atoms with van der Waals surface area (Å²) in [5, 5.41) is 10.9. The van der Waals surface area contributed by atoms with Gasteiger partial charge in [0.15, 0.2) is 0 Å². The molecule has 1 saturated carbocycles. The fourth-order valence-corrected chi connectivity index (χ4v) is 5.11. The minimum absolute atomic E-state index is 0.204. The van der Waals surface area contributed by atoms with Crippen molar-refractivity contribution < 1.29 is 9.90 Å². The molecule has 2 aliphatic rings. The zero-order valence-electron chi connectivity index (χ0n) is 15.8. The van der Waals surface area contributed by atoms with Crippen LogP contribution >= 0.6 is 0 Å². The number of nitrogens with zero attached hydrogens (tertiary/aromatic N) is 3. The van der Waals surface area contributed by atoms with E-state index in [9.17, 15) is 9.90 Å². The maximum absolute atomic E-state index is 12.8. The molecule has 1 aliphatic carbocycles. The molecule has 3 atom stereocenters. The number of amides is 1. The lowest BCUT2D eigenvalue weighted by atomic mass is 9.69. The largest absolute Gasteiger partial charge is 0.390 e. The number of aromatic nitrogens is 2. The highest BCUT2D eigenvalue weighted by Gasteiger charge is 2.48. The van der Waals surface area contributed by atoms with E-state index in [-0.39, 0.29) is 11.8 Å². The van der Waals surface area contributed by atoms with Crippen LogP contribution in [0.4, 0.5) is 0 Å². The molecule has 1 aromatic heterocycles. The van der Waals surface area contributed by atoms with Crippen LogP contribution in [0.1, 0.15) is 44.9 Å². The second kappa shape index (κ2) is 6.69. The molecule has 4 rings (SSSR count). The molecule has 5 nitrogen and oxygen atoms in total. The summed E-state index contributed by atoms with van der Waals surface area (Å²) < 4.78 is 2.14. The van der Waals surface area contributed by atoms with Crippen LogP contribution in [0.5, 0.6) is 0 Å². The van der Waals surface area contributed by atoms with Gasteiger partial charge in [0.1, 0.15) is 5.82 Å². The number of likely N-dealkylation sites (tertiary alicyclic amines) is 1. The topological polar surface area (TPSA) is 58.4 Å². The van der Waals surface area contributed by atoms with Gasteiger partial charge in [-0.05, 0) is 44.2 Å². The van der Waals surface area contributed by atoms with E-state index in [1.165, 1.54) is 0 Å². The highest BCUT2D eigenvalue weighted by Crippen LogP contribution is 2.44. The van der Waals surface area contributed by atoms with Gasteiger partial charge in [0.05, 0.1) is 16.6 Å². The molecule has 1 aliphatic heterocycles. The molecule has 5 heteroatoms. The van der Waals surface area contributed by atoms with Gasteiger partial charge in [0.2, 0.25) is 5.91 Å². The molecular formula is C21H29N3O2. The molecule has 0 radical (unpaired) electrons. The van der Waals surface area contributed by atoms with Gasteiger partial charge in [-0.1, -0.05) is 25.5 Å². The highest BCUT2D eigenvalue weighted by atomic mass is 16.3. The molecule has 1 amide bonds. The smallest absolute Gasteiger partial charge is 0.224 e. The number of para-hydroxylation sites is 2. The van der Waals surface area contributed by atoms with Crippen molar-refractivity contribution in [1.29, 1.82) is 0 Å². The molecule has 2 aromatic rings. The van der Waals surface area contributed by atoms with Crippen molar-refractivity contribution in [3.63, 3.8) is 0 Å². The Morgan fingerprint density at radius 2 is 2.15 bits per heavy atom. The van der Waals surface area contributed by atoms with Crippen molar-refractivity contribution >= 4 is 16.9 Å². The van der Waals surface area contributed by atoms with Crippen LogP contribution in [0.3, 0.4) is 0 Å². The highest BCUT2D eigenvalue weighted by molar-refractivity contribution is 5.78. The number of rotatable bonds is 4. The molecule has 1 aromatic carbocycles. The fourth-order valence-electron chi connectivity index (χ4n) is 5.11. The van der Waals surface area contributed by atoms with Crippen molar-refractivity contribution in [2.24, 2.45) is 11.8 Å². The number of carbonyl (C=O) groups is 1. The predicted octanol–water partition coefficient (Wildman–Crippen LogP) is 3.13. The first-order valence-electron chi connectivity index (χ1n) is 9.94. The van der Waals surface area contributed by atoms with Crippen LogP contribution in [0.15, 0.2) is 24.3 Å². The number of imidazole rings is 1. The molecule has 0 unspecified atom stereocenters. The monoisotopic (exact) mass is 355 g/mol. The Hall–Kier alpha value is -1.88. The lowest BCUT2D eigenvalue weighted by Crippen LogP contribution is -2.44. The molecule has 1 saturated heterocycles. The molecule has 2 fully saturated rings. The normalized spacial score (nSPS) is 28.5. The first-order chi connectivity index (χ1) is 12.5. The minimum Gasteiger partial charge on any atom is -0.390 e. The van der Waals surface area contributed by atoms with E-state index >= 15 is 0 Å². The van der Waals surface area contributed by atoms with E-state index < -0.39 is 5.60 Å². The van der Waals surface area contributed by atoms with Crippen LogP contribution in [0.25, 0.3) is 11.0 Å². The Balaban J connectivity index is 1.43. The van der Waals surface area contributed by atoms with Crippen LogP contribution < -0.4 is 0 Å². The Bertz CT molecular complexity index is 815. The van der Waals surface area contributed by atoms with Crippen molar-refractivity contribution in [3.8, 4) is 0 Å². The van der Waals surface area contributed by atoms with E-state index in [0.717, 1.165) is 55.6 Å². The van der Waals surface area contributed by atoms with Crippen molar-refractivity contribution in [1.82, 2.24) is 14.5 Å². The van der Waals surface area contributed by atoms with Gasteiger partial charge in [-0.3, -0.25) is 4.79 Å². The number of aryl methyl sites for hydroxylation is 2. The van der Waals surface area contributed by atoms with Gasteiger partial charge in [-0.2, -0.15) is 0 Å². The number of hydrogen-bond acceptors (Lipinski definition) is 3. The summed E-state index contributed by atoms with van der Waals surface area (Å²) in [5.41, 5.74) is 1.50. The lowest BCUT2D eigenvalue weighted by molar-refractivity contribution is -0.131. The summed E-state index contributed by atoms with van der Waals surface area (Å²) in [4.78, 5) is 19.4. The molecule has 1 N–H and O–H groups in total. The summed E-state index contributed by atoms with van der Waals surface area (Å²) in [6.07, 6.45) is 4.38. The lowest BCUT2D eigenvalue weighted by Gasteiger charge is -2.40. The maximum Gasteiger partial charge on any atom is 0.224 e. The van der Waals surface area contributed by atoms with Crippen LogP contribution in [0.2, 0.25) is 0 Å². The van der Waals surface area contributed by atoms with E-state index in [1.54, 1.807) is 0 Å². The first kappa shape index (κ1) is 17.5. The molecule has 26 heavy (non-hydrogen) atoms. The second-order valence-electron chi connectivity index (χ2n) is 8.06. The van der Waals surface area contributed by atoms with Crippen molar-refractivity contribution in [3.05, 3.63) is 30.1 Å². The first-order valence-corrected chi connectivity index (χ1v) is 9.94. The number of fused-ring (bicyclic) bond motifs is 2. The third kappa shape index (κ3) is 2.92. The summed E-state index contributed by atoms with van der Waals surface area (Å²) in [5.74, 6) is 1.87. The Morgan fingerprint density at radius 1 is 1.35 bits per heavy atom. The SMILES string of the molecule is CC[C@]1(O)CCC[C@H]2CN(C(=O)CCn3c(C)nc4ccccc43)C[C@H]21. The van der Waals surface area contributed by atoms with E-state index in [1.807, 2.05) is 30.0 Å². The number of carbonyl (C=O) groups excluding carboxylic acids is 1. The maximum atomic E-state index is 12.8. The quantitative estimate of drug-likeness (QED) is 0.917. The van der Waals surface area contributed by atoms with E-state index in [0.29, 0.717) is 18.9 Å². The summed E-state index contributed by atoms with van der Waals surface area (Å²) in [6.45, 7) is 6.26.